The Morgan fingerprint density at radius 3 is 2.18 bits per heavy atom. The van der Waals surface area contributed by atoms with Gasteiger partial charge in [-0.25, -0.2) is 0 Å². The SMILES string of the molecule is COc1cc([C@@H](O)[C@H](CO)Oc2c(OC)cc(C3CC(=O)c4c(O)cc(O)cc4O3)cc2OC)ccc1O. The minimum Gasteiger partial charge on any atom is -0.508 e. The number of ether oxygens (including phenoxy) is 5. The first-order valence-electron chi connectivity index (χ1n) is 11.5. The average Bonchev–Trinajstić information content (AvgIpc) is 2.90. The van der Waals surface area contributed by atoms with Crippen molar-refractivity contribution in [2.45, 2.75) is 24.7 Å². The zero-order chi connectivity index (χ0) is 27.6. The Morgan fingerprint density at radius 1 is 0.921 bits per heavy atom. The van der Waals surface area contributed by atoms with Crippen LogP contribution in [0.25, 0.3) is 0 Å². The number of hydrogen-bond acceptors (Lipinski definition) is 11. The highest BCUT2D eigenvalue weighted by atomic mass is 16.6. The Morgan fingerprint density at radius 2 is 1.58 bits per heavy atom. The molecule has 11 heteroatoms. The maximum atomic E-state index is 12.7. The third-order valence-electron chi connectivity index (χ3n) is 6.19. The Kier molecular flexibility index (Phi) is 7.70. The first-order chi connectivity index (χ1) is 18.2. The summed E-state index contributed by atoms with van der Waals surface area (Å²) in [5, 5.41) is 50.6. The Balaban J connectivity index is 1.66. The number of fused-ring (bicyclic) bond motifs is 1. The fourth-order valence-corrected chi connectivity index (χ4v) is 4.26. The molecule has 0 aliphatic carbocycles. The summed E-state index contributed by atoms with van der Waals surface area (Å²) in [7, 11) is 4.15. The van der Waals surface area contributed by atoms with E-state index in [1.54, 1.807) is 12.1 Å². The molecule has 0 aromatic heterocycles. The number of hydrogen-bond donors (Lipinski definition) is 5. The smallest absolute Gasteiger partial charge is 0.204 e. The molecular weight excluding hydrogens is 500 g/mol. The van der Waals surface area contributed by atoms with Crippen LogP contribution in [0.2, 0.25) is 0 Å². The van der Waals surface area contributed by atoms with E-state index in [9.17, 15) is 30.3 Å². The van der Waals surface area contributed by atoms with Gasteiger partial charge in [0.2, 0.25) is 5.75 Å². The zero-order valence-electron chi connectivity index (χ0n) is 20.9. The Bertz CT molecular complexity index is 1310. The summed E-state index contributed by atoms with van der Waals surface area (Å²) in [6, 6.07) is 9.69. The molecule has 4 rings (SSSR count). The summed E-state index contributed by atoms with van der Waals surface area (Å²) in [5.74, 6) is -0.503. The first kappa shape index (κ1) is 26.7. The van der Waals surface area contributed by atoms with Gasteiger partial charge in [-0.3, -0.25) is 4.79 Å². The predicted octanol–water partition coefficient (Wildman–Crippen LogP) is 3.01. The van der Waals surface area contributed by atoms with Gasteiger partial charge in [0.15, 0.2) is 34.9 Å². The van der Waals surface area contributed by atoms with Crippen molar-refractivity contribution in [2.24, 2.45) is 0 Å². The van der Waals surface area contributed by atoms with Crippen LogP contribution >= 0.6 is 0 Å². The molecule has 0 saturated carbocycles. The molecule has 38 heavy (non-hydrogen) atoms. The molecule has 3 aromatic rings. The van der Waals surface area contributed by atoms with E-state index in [2.05, 4.69) is 0 Å². The van der Waals surface area contributed by atoms with Crippen LogP contribution in [-0.2, 0) is 0 Å². The highest BCUT2D eigenvalue weighted by Gasteiger charge is 2.33. The molecule has 3 atom stereocenters. The van der Waals surface area contributed by atoms with Crippen molar-refractivity contribution in [3.8, 4) is 46.0 Å². The van der Waals surface area contributed by atoms with Gasteiger partial charge in [0.1, 0.15) is 35.0 Å². The number of aliphatic hydroxyl groups excluding tert-OH is 2. The fourth-order valence-electron chi connectivity index (χ4n) is 4.26. The number of phenols is 3. The molecular formula is C27H28O11. The lowest BCUT2D eigenvalue weighted by molar-refractivity contribution is -0.00180. The number of methoxy groups -OCH3 is 3. The van der Waals surface area contributed by atoms with Crippen molar-refractivity contribution >= 4 is 5.78 Å². The molecule has 11 nitrogen and oxygen atoms in total. The maximum absolute atomic E-state index is 12.7. The lowest BCUT2D eigenvalue weighted by Crippen LogP contribution is -2.29. The molecule has 5 N–H and O–H groups in total. The van der Waals surface area contributed by atoms with Crippen molar-refractivity contribution in [2.75, 3.05) is 27.9 Å². The van der Waals surface area contributed by atoms with Gasteiger partial charge in [-0.05, 0) is 29.8 Å². The average molecular weight is 529 g/mol. The van der Waals surface area contributed by atoms with Gasteiger partial charge >= 0.3 is 0 Å². The molecule has 1 unspecified atom stereocenters. The van der Waals surface area contributed by atoms with E-state index in [0.29, 0.717) is 11.1 Å². The number of Topliss-reactive ketones (excluding diaryl/α,β-unsaturated/α-hetero) is 1. The normalized spacial score (nSPS) is 16.1. The highest BCUT2D eigenvalue weighted by Crippen LogP contribution is 2.46. The van der Waals surface area contributed by atoms with E-state index in [1.807, 2.05) is 0 Å². The molecule has 0 amide bonds. The van der Waals surface area contributed by atoms with Crippen LogP contribution in [0.3, 0.4) is 0 Å². The number of carbonyl (C=O) groups is 1. The zero-order valence-corrected chi connectivity index (χ0v) is 20.9. The molecule has 0 fully saturated rings. The van der Waals surface area contributed by atoms with Crippen LogP contribution in [0.4, 0.5) is 0 Å². The van der Waals surface area contributed by atoms with E-state index in [1.165, 1.54) is 45.6 Å². The second kappa shape index (κ2) is 11.0. The fraction of sp³-hybridized carbons (Fsp3) is 0.296. The second-order valence-electron chi connectivity index (χ2n) is 8.54. The summed E-state index contributed by atoms with van der Waals surface area (Å²) < 4.78 is 27.9. The van der Waals surface area contributed by atoms with Crippen LogP contribution in [0.15, 0.2) is 42.5 Å². The van der Waals surface area contributed by atoms with Gasteiger partial charge in [0.25, 0.3) is 0 Å². The van der Waals surface area contributed by atoms with Gasteiger partial charge in [-0.2, -0.15) is 0 Å². The maximum Gasteiger partial charge on any atom is 0.204 e. The molecule has 0 radical (unpaired) electrons. The molecule has 0 bridgehead atoms. The number of phenolic OH excluding ortho intramolecular Hbond substituents is 3. The number of aromatic hydroxyl groups is 3. The van der Waals surface area contributed by atoms with E-state index in [4.69, 9.17) is 23.7 Å². The largest absolute Gasteiger partial charge is 0.508 e. The molecule has 1 heterocycles. The number of benzene rings is 3. The molecule has 0 saturated heterocycles. The topological polar surface area (TPSA) is 164 Å². The lowest BCUT2D eigenvalue weighted by atomic mass is 9.95. The third kappa shape index (κ3) is 5.06. The summed E-state index contributed by atoms with van der Waals surface area (Å²) >= 11 is 0. The summed E-state index contributed by atoms with van der Waals surface area (Å²) in [4.78, 5) is 12.7. The van der Waals surface area contributed by atoms with E-state index in [-0.39, 0.29) is 63.8 Å². The van der Waals surface area contributed by atoms with Gasteiger partial charge in [-0.1, -0.05) is 6.07 Å². The van der Waals surface area contributed by atoms with Crippen LogP contribution in [-0.4, -0.2) is 65.4 Å². The predicted molar refractivity (Wildman–Crippen MR) is 133 cm³/mol. The lowest BCUT2D eigenvalue weighted by Gasteiger charge is -2.28. The first-order valence-corrected chi connectivity index (χ1v) is 11.5. The minimum absolute atomic E-state index is 0.0106. The number of aliphatic hydroxyl groups is 2. The van der Waals surface area contributed by atoms with Crippen molar-refractivity contribution in [1.29, 1.82) is 0 Å². The van der Waals surface area contributed by atoms with Crippen molar-refractivity contribution < 1.29 is 54.0 Å². The molecule has 202 valence electrons. The summed E-state index contributed by atoms with van der Waals surface area (Å²) in [6.45, 7) is -0.581. The minimum atomic E-state index is -1.32. The Labute approximate surface area is 218 Å². The molecule has 3 aromatic carbocycles. The molecule has 0 spiro atoms. The van der Waals surface area contributed by atoms with Crippen molar-refractivity contribution in [1.82, 2.24) is 0 Å². The quantitative estimate of drug-likeness (QED) is 0.277. The van der Waals surface area contributed by atoms with Crippen LogP contribution in [0, 0.1) is 0 Å². The van der Waals surface area contributed by atoms with Gasteiger partial charge in [0.05, 0.1) is 34.4 Å². The number of rotatable bonds is 9. The highest BCUT2D eigenvalue weighted by molar-refractivity contribution is 6.02. The third-order valence-corrected chi connectivity index (χ3v) is 6.19. The van der Waals surface area contributed by atoms with Crippen molar-refractivity contribution in [3.05, 3.63) is 59.2 Å². The van der Waals surface area contributed by atoms with E-state index >= 15 is 0 Å². The van der Waals surface area contributed by atoms with Gasteiger partial charge < -0.3 is 49.2 Å². The Hall–Kier alpha value is -4.35. The second-order valence-corrected chi connectivity index (χ2v) is 8.54. The van der Waals surface area contributed by atoms with Crippen LogP contribution < -0.4 is 23.7 Å². The number of carbonyl (C=O) groups excluding carboxylic acids is 1. The van der Waals surface area contributed by atoms with E-state index < -0.39 is 24.9 Å². The van der Waals surface area contributed by atoms with Crippen molar-refractivity contribution in [3.63, 3.8) is 0 Å². The van der Waals surface area contributed by atoms with E-state index in [0.717, 1.165) is 6.07 Å². The van der Waals surface area contributed by atoms with Crippen LogP contribution in [0.5, 0.6) is 46.0 Å². The van der Waals surface area contributed by atoms with Crippen LogP contribution in [0.1, 0.15) is 40.1 Å². The number of ketones is 1. The molecule has 1 aliphatic heterocycles. The van der Waals surface area contributed by atoms with Gasteiger partial charge in [-0.15, -0.1) is 0 Å². The summed E-state index contributed by atoms with van der Waals surface area (Å²) in [5.41, 5.74) is 0.799. The monoisotopic (exact) mass is 528 g/mol. The molecule has 1 aliphatic rings. The standard InChI is InChI=1S/C27H28O11/c1-34-20-6-13(4-5-16(20)30)26(33)24(12-28)38-27-22(35-2)7-14(8-23(27)36-3)19-11-18(32)25-17(31)9-15(29)10-21(25)37-19/h4-10,19,24,26,28-31,33H,11-12H2,1-3H3/t19?,24-,26+/m0/s1. The van der Waals surface area contributed by atoms with Gasteiger partial charge in [0, 0.05) is 17.7 Å². The summed E-state index contributed by atoms with van der Waals surface area (Å²) in [6.07, 6.45) is -3.38.